The highest BCUT2D eigenvalue weighted by Gasteiger charge is 2.47. The number of halogens is 1. The first-order chi connectivity index (χ1) is 19.4. The third-order valence-corrected chi connectivity index (χ3v) is 9.42. The fourth-order valence-electron chi connectivity index (χ4n) is 5.49. The lowest BCUT2D eigenvalue weighted by Crippen LogP contribution is -2.50. The second-order valence-electron chi connectivity index (χ2n) is 10.3. The van der Waals surface area contributed by atoms with Gasteiger partial charge in [-0.3, -0.25) is 9.36 Å². The maximum absolute atomic E-state index is 13.4. The molecule has 0 aliphatic carbocycles. The highest BCUT2D eigenvalue weighted by molar-refractivity contribution is 7.99. The molecule has 1 spiro atoms. The maximum atomic E-state index is 13.4. The van der Waals surface area contributed by atoms with Gasteiger partial charge in [-0.25, -0.2) is 15.0 Å². The summed E-state index contributed by atoms with van der Waals surface area (Å²) in [5.41, 5.74) is 7.54. The number of hydrogen-bond acceptors (Lipinski definition) is 9. The van der Waals surface area contributed by atoms with Gasteiger partial charge in [0.2, 0.25) is 0 Å². The average Bonchev–Trinajstić information content (AvgIpc) is 3.25. The van der Waals surface area contributed by atoms with Crippen molar-refractivity contribution in [2.24, 2.45) is 11.1 Å². The van der Waals surface area contributed by atoms with Gasteiger partial charge in [-0.15, -0.1) is 4.98 Å². The maximum Gasteiger partial charge on any atom is 0.269 e. The Hall–Kier alpha value is -3.56. The number of benzene rings is 1. The lowest BCUT2D eigenvalue weighted by atomic mass is 9.73. The minimum absolute atomic E-state index is 0.0540. The molecule has 3 aromatic heterocycles. The number of fused-ring (bicyclic) bond motifs is 1. The quantitative estimate of drug-likeness (QED) is 0.348. The lowest BCUT2D eigenvalue weighted by molar-refractivity contribution is 0.0974. The van der Waals surface area contributed by atoms with E-state index in [1.54, 1.807) is 36.8 Å². The van der Waals surface area contributed by atoms with Crippen LogP contribution in [0.4, 0.5) is 11.6 Å². The predicted octanol–water partition coefficient (Wildman–Crippen LogP) is 4.32. The van der Waals surface area contributed by atoms with E-state index in [1.807, 2.05) is 6.07 Å². The molecular formula is C28H27ClN8O2S. The van der Waals surface area contributed by atoms with Gasteiger partial charge >= 0.3 is 0 Å². The molecule has 1 aromatic carbocycles. The zero-order chi connectivity index (χ0) is 27.9. The molecule has 0 bridgehead atoms. The van der Waals surface area contributed by atoms with Gasteiger partial charge in [-0.2, -0.15) is 0 Å². The third kappa shape index (κ3) is 4.92. The second kappa shape index (κ2) is 10.8. The summed E-state index contributed by atoms with van der Waals surface area (Å²) in [6.45, 7) is 11.9. The molecule has 0 unspecified atom stereocenters. The Morgan fingerprint density at radius 2 is 2.02 bits per heavy atom. The van der Waals surface area contributed by atoms with Crippen molar-refractivity contribution in [1.29, 1.82) is 0 Å². The highest BCUT2D eigenvalue weighted by Crippen LogP contribution is 2.42. The molecule has 0 radical (unpaired) electrons. The van der Waals surface area contributed by atoms with Crippen molar-refractivity contribution >= 4 is 45.9 Å². The summed E-state index contributed by atoms with van der Waals surface area (Å²) in [5.74, 6) is 1.10. The summed E-state index contributed by atoms with van der Waals surface area (Å²) in [6.07, 6.45) is 8.60. The fraction of sp³-hybridized carbons (Fsp3) is 0.357. The number of anilines is 1. The number of hydrogen-bond donors (Lipinski definition) is 1. The highest BCUT2D eigenvalue weighted by atomic mass is 35.5. The number of pyridine rings is 1. The van der Waals surface area contributed by atoms with E-state index in [0.717, 1.165) is 43.9 Å². The molecule has 2 atom stereocenters. The molecule has 6 rings (SSSR count). The van der Waals surface area contributed by atoms with Crippen LogP contribution in [0, 0.1) is 12.0 Å². The molecule has 5 heterocycles. The van der Waals surface area contributed by atoms with E-state index in [2.05, 4.69) is 36.6 Å². The molecule has 2 saturated heterocycles. The first kappa shape index (κ1) is 26.7. The Balaban J connectivity index is 1.18. The number of aromatic nitrogens is 5. The molecule has 2 aliphatic rings. The molecule has 204 valence electrons. The molecule has 40 heavy (non-hydrogen) atoms. The molecule has 2 aliphatic heterocycles. The third-order valence-electron chi connectivity index (χ3n) is 7.93. The first-order valence-electron chi connectivity index (χ1n) is 13.0. The zero-order valence-corrected chi connectivity index (χ0v) is 23.4. The first-order valence-corrected chi connectivity index (χ1v) is 14.2. The molecule has 12 heteroatoms. The zero-order valence-electron chi connectivity index (χ0n) is 21.8. The monoisotopic (exact) mass is 574 g/mol. The Bertz CT molecular complexity index is 1660. The number of nitrogens with two attached hydrogens (primary N) is 1. The van der Waals surface area contributed by atoms with E-state index in [1.165, 1.54) is 22.7 Å². The fourth-order valence-corrected chi connectivity index (χ4v) is 6.61. The van der Waals surface area contributed by atoms with Crippen LogP contribution in [0.25, 0.3) is 15.7 Å². The predicted molar refractivity (Wildman–Crippen MR) is 154 cm³/mol. The van der Waals surface area contributed by atoms with Crippen molar-refractivity contribution in [3.05, 3.63) is 81.5 Å². The number of ether oxygens (including phenoxy) is 1. The minimum atomic E-state index is -0.260. The van der Waals surface area contributed by atoms with Crippen molar-refractivity contribution in [2.45, 2.75) is 48.4 Å². The molecule has 4 aromatic rings. The topological polar surface area (TPSA) is 116 Å². The summed E-state index contributed by atoms with van der Waals surface area (Å²) in [6, 6.07) is 7.11. The average molecular weight is 575 g/mol. The summed E-state index contributed by atoms with van der Waals surface area (Å²) in [5, 5.41) is 1.33. The van der Waals surface area contributed by atoms with Crippen molar-refractivity contribution in [2.75, 3.05) is 24.6 Å². The smallest absolute Gasteiger partial charge is 0.269 e. The van der Waals surface area contributed by atoms with Crippen LogP contribution in [0.1, 0.15) is 25.3 Å². The molecule has 2 fully saturated rings. The van der Waals surface area contributed by atoms with Crippen LogP contribution in [0.2, 0.25) is 5.02 Å². The van der Waals surface area contributed by atoms with Gasteiger partial charge in [0.25, 0.3) is 11.4 Å². The van der Waals surface area contributed by atoms with Crippen molar-refractivity contribution in [3.63, 3.8) is 0 Å². The SMILES string of the molecule is [C-]#[N+]c1cc(Cn2cnc3ccc(Sc4cnc(N5CCC6(CC5)CO[C@@H](C)[C@H]6N)cn4)c(Cl)c3c2=O)ccn1. The lowest BCUT2D eigenvalue weighted by Gasteiger charge is -2.41. The van der Waals surface area contributed by atoms with Crippen LogP contribution in [-0.4, -0.2) is 56.3 Å². The summed E-state index contributed by atoms with van der Waals surface area (Å²) in [7, 11) is 0. The van der Waals surface area contributed by atoms with Gasteiger partial charge in [0.15, 0.2) is 0 Å². The van der Waals surface area contributed by atoms with Crippen molar-refractivity contribution in [1.82, 2.24) is 24.5 Å². The van der Waals surface area contributed by atoms with Crippen LogP contribution in [0.15, 0.2) is 63.9 Å². The van der Waals surface area contributed by atoms with Crippen LogP contribution >= 0.6 is 23.4 Å². The summed E-state index contributed by atoms with van der Waals surface area (Å²) < 4.78 is 7.32. The normalized spacial score (nSPS) is 20.2. The second-order valence-corrected chi connectivity index (χ2v) is 11.7. The van der Waals surface area contributed by atoms with Gasteiger partial charge < -0.3 is 20.2 Å². The molecule has 0 amide bonds. The number of piperidine rings is 1. The van der Waals surface area contributed by atoms with Gasteiger partial charge in [-0.05, 0) is 49.6 Å². The summed E-state index contributed by atoms with van der Waals surface area (Å²) >= 11 is 8.10. The number of nitrogens with zero attached hydrogens (tertiary/aromatic N) is 7. The minimum Gasteiger partial charge on any atom is -0.376 e. The van der Waals surface area contributed by atoms with Crippen LogP contribution in [-0.2, 0) is 11.3 Å². The van der Waals surface area contributed by atoms with Gasteiger partial charge in [0.1, 0.15) is 17.0 Å². The van der Waals surface area contributed by atoms with E-state index < -0.39 is 0 Å². The Morgan fingerprint density at radius 3 is 2.73 bits per heavy atom. The van der Waals surface area contributed by atoms with Crippen LogP contribution in [0.5, 0.6) is 0 Å². The Labute approximate surface area is 240 Å². The molecule has 2 N–H and O–H groups in total. The van der Waals surface area contributed by atoms with E-state index in [-0.39, 0.29) is 35.5 Å². The Kier molecular flexibility index (Phi) is 7.18. The van der Waals surface area contributed by atoms with E-state index in [0.29, 0.717) is 25.8 Å². The molecule has 10 nitrogen and oxygen atoms in total. The van der Waals surface area contributed by atoms with E-state index in [4.69, 9.17) is 28.6 Å². The largest absolute Gasteiger partial charge is 0.376 e. The van der Waals surface area contributed by atoms with E-state index in [9.17, 15) is 4.79 Å². The van der Waals surface area contributed by atoms with E-state index >= 15 is 0 Å². The van der Waals surface area contributed by atoms with Crippen molar-refractivity contribution in [3.8, 4) is 0 Å². The van der Waals surface area contributed by atoms with Crippen molar-refractivity contribution < 1.29 is 4.74 Å². The van der Waals surface area contributed by atoms with Crippen LogP contribution in [0.3, 0.4) is 0 Å². The summed E-state index contributed by atoms with van der Waals surface area (Å²) in [4.78, 5) is 37.4. The number of rotatable bonds is 5. The van der Waals surface area contributed by atoms with Gasteiger partial charge in [-0.1, -0.05) is 29.9 Å². The molecule has 0 saturated carbocycles. The van der Waals surface area contributed by atoms with Crippen LogP contribution < -0.4 is 16.2 Å². The standard InChI is InChI=1S/C28H27ClN8O2S/c1-17-26(30)28(15-39-17)6-9-36(10-7-28)22-12-34-23(13-33-22)40-20-4-3-19-24(25(20)29)27(38)37(16-35-19)14-18-5-8-32-21(11-18)31-2/h3-5,8,11-13,16-17,26H,6-7,9-10,14-15,30H2,1H3/t17-,26+/m0/s1. The van der Waals surface area contributed by atoms with Gasteiger partial charge in [0.05, 0.1) is 53.9 Å². The molecular weight excluding hydrogens is 548 g/mol. The Morgan fingerprint density at radius 1 is 1.20 bits per heavy atom. The van der Waals surface area contributed by atoms with Gasteiger partial charge in [0, 0.05) is 29.4 Å².